The Morgan fingerprint density at radius 2 is 1.94 bits per heavy atom. The molecule has 0 radical (unpaired) electrons. The number of nitrogens with zero attached hydrogens (tertiary/aromatic N) is 6. The van der Waals surface area contributed by atoms with Gasteiger partial charge in [0.15, 0.2) is 5.82 Å². The van der Waals surface area contributed by atoms with Crippen molar-refractivity contribution in [1.82, 2.24) is 24.7 Å². The van der Waals surface area contributed by atoms with Crippen LogP contribution in [0.3, 0.4) is 0 Å². The molecule has 0 bridgehead atoms. The minimum absolute atomic E-state index is 0.0895. The van der Waals surface area contributed by atoms with Gasteiger partial charge < -0.3 is 10.2 Å². The molecule has 1 aromatic carbocycles. The normalized spacial score (nSPS) is 18.0. The fourth-order valence-electron chi connectivity index (χ4n) is 4.76. The first-order chi connectivity index (χ1) is 17.1. The predicted octanol–water partition coefficient (Wildman–Crippen LogP) is 4.42. The van der Waals surface area contributed by atoms with Crippen LogP contribution in [0.1, 0.15) is 32.3 Å². The van der Waals surface area contributed by atoms with Gasteiger partial charge >= 0.3 is 10.2 Å². The van der Waals surface area contributed by atoms with Gasteiger partial charge in [-0.3, -0.25) is 4.68 Å². The van der Waals surface area contributed by atoms with E-state index in [9.17, 15) is 12.3 Å². The number of aryl methyl sites for hydroxylation is 1. The van der Waals surface area contributed by atoms with Crippen LogP contribution in [0.15, 0.2) is 49.1 Å². The van der Waals surface area contributed by atoms with Gasteiger partial charge in [0.1, 0.15) is 11.6 Å². The lowest BCUT2D eigenvalue weighted by molar-refractivity contribution is 0.338. The number of anilines is 3. The SMILES string of the molecule is CC(C)c1ccc(N2C[C@H](CS(=O)(=O)F)[C@H]2C)c2cnc(Nc3ccnc(-c4cnn(C)c4)n3)cc12. The fraction of sp³-hybridized carbons (Fsp3) is 0.360. The molecule has 1 aliphatic rings. The summed E-state index contributed by atoms with van der Waals surface area (Å²) in [6, 6.07) is 7.85. The van der Waals surface area contributed by atoms with E-state index in [4.69, 9.17) is 0 Å². The highest BCUT2D eigenvalue weighted by atomic mass is 32.3. The third kappa shape index (κ3) is 4.75. The maximum Gasteiger partial charge on any atom is 0.302 e. The number of pyridine rings is 1. The second-order valence-electron chi connectivity index (χ2n) is 9.60. The molecule has 1 N–H and O–H groups in total. The quantitative estimate of drug-likeness (QED) is 0.365. The average molecular weight is 510 g/mol. The molecule has 0 unspecified atom stereocenters. The standard InChI is InChI=1S/C25H28FN7O2S/c1-15(2)19-5-6-22(33-13-18(16(33)3)14-36(26,34)35)21-11-28-24(9-20(19)21)30-23-7-8-27-25(31-23)17-10-29-32(4)12-17/h5-12,15-16,18H,13-14H2,1-4H3,(H,27,28,30,31)/t16-,18-/m1/s1. The Morgan fingerprint density at radius 1 is 1.14 bits per heavy atom. The smallest absolute Gasteiger partial charge is 0.302 e. The molecule has 3 aromatic heterocycles. The summed E-state index contributed by atoms with van der Waals surface area (Å²) in [6.07, 6.45) is 7.09. The van der Waals surface area contributed by atoms with Crippen molar-refractivity contribution in [3.8, 4) is 11.4 Å². The van der Waals surface area contributed by atoms with Crippen molar-refractivity contribution in [3.05, 3.63) is 54.6 Å². The van der Waals surface area contributed by atoms with Crippen LogP contribution in [0.2, 0.25) is 0 Å². The number of benzene rings is 1. The van der Waals surface area contributed by atoms with Crippen LogP contribution < -0.4 is 10.2 Å². The van der Waals surface area contributed by atoms with E-state index in [2.05, 4.69) is 50.2 Å². The third-order valence-electron chi connectivity index (χ3n) is 6.74. The lowest BCUT2D eigenvalue weighted by Gasteiger charge is -2.48. The van der Waals surface area contributed by atoms with Crippen LogP contribution in [-0.4, -0.2) is 51.5 Å². The van der Waals surface area contributed by atoms with Crippen LogP contribution in [0.25, 0.3) is 22.2 Å². The molecule has 0 saturated carbocycles. The molecule has 5 rings (SSSR count). The Hall–Kier alpha value is -3.60. The summed E-state index contributed by atoms with van der Waals surface area (Å²) in [4.78, 5) is 15.7. The highest BCUT2D eigenvalue weighted by Crippen LogP contribution is 2.39. The van der Waals surface area contributed by atoms with Crippen molar-refractivity contribution in [2.75, 3.05) is 22.5 Å². The summed E-state index contributed by atoms with van der Waals surface area (Å²) in [5.41, 5.74) is 2.96. The lowest BCUT2D eigenvalue weighted by atomic mass is 9.88. The van der Waals surface area contributed by atoms with Crippen LogP contribution in [0, 0.1) is 5.92 Å². The van der Waals surface area contributed by atoms with E-state index < -0.39 is 16.0 Å². The van der Waals surface area contributed by atoms with E-state index in [0.29, 0.717) is 24.0 Å². The monoisotopic (exact) mass is 509 g/mol. The molecule has 0 amide bonds. The Bertz CT molecular complexity index is 1540. The van der Waals surface area contributed by atoms with Crippen LogP contribution in [0.5, 0.6) is 0 Å². The van der Waals surface area contributed by atoms with Crippen molar-refractivity contribution in [1.29, 1.82) is 0 Å². The largest absolute Gasteiger partial charge is 0.368 e. The highest BCUT2D eigenvalue weighted by molar-refractivity contribution is 7.86. The maximum absolute atomic E-state index is 13.2. The molecule has 1 aliphatic heterocycles. The number of hydrogen-bond acceptors (Lipinski definition) is 8. The molecule has 4 heterocycles. The summed E-state index contributed by atoms with van der Waals surface area (Å²) >= 11 is 0. The predicted molar refractivity (Wildman–Crippen MR) is 139 cm³/mol. The van der Waals surface area contributed by atoms with Crippen molar-refractivity contribution < 1.29 is 12.3 Å². The molecular weight excluding hydrogens is 481 g/mol. The second kappa shape index (κ2) is 9.12. The van der Waals surface area contributed by atoms with Crippen LogP contribution in [0.4, 0.5) is 21.2 Å². The number of nitrogens with one attached hydrogen (secondary N) is 1. The second-order valence-corrected chi connectivity index (χ2v) is 11.0. The van der Waals surface area contributed by atoms with Crippen molar-refractivity contribution in [2.24, 2.45) is 13.0 Å². The van der Waals surface area contributed by atoms with Gasteiger partial charge in [-0.1, -0.05) is 19.9 Å². The van der Waals surface area contributed by atoms with Gasteiger partial charge in [0, 0.05) is 55.2 Å². The van der Waals surface area contributed by atoms with Gasteiger partial charge in [-0.15, -0.1) is 3.89 Å². The van der Waals surface area contributed by atoms with E-state index in [1.54, 1.807) is 23.1 Å². The number of fused-ring (bicyclic) bond motifs is 1. The molecule has 1 fully saturated rings. The minimum atomic E-state index is -4.50. The van der Waals surface area contributed by atoms with Gasteiger partial charge in [-0.25, -0.2) is 15.0 Å². The zero-order valence-corrected chi connectivity index (χ0v) is 21.4. The molecule has 2 atom stereocenters. The van der Waals surface area contributed by atoms with E-state index in [1.165, 1.54) is 5.56 Å². The van der Waals surface area contributed by atoms with Gasteiger partial charge in [0.25, 0.3) is 0 Å². The van der Waals surface area contributed by atoms with E-state index in [1.807, 2.05) is 38.5 Å². The van der Waals surface area contributed by atoms with E-state index >= 15 is 0 Å². The minimum Gasteiger partial charge on any atom is -0.368 e. The molecule has 188 valence electrons. The maximum atomic E-state index is 13.2. The summed E-state index contributed by atoms with van der Waals surface area (Å²) in [6.45, 7) is 6.69. The summed E-state index contributed by atoms with van der Waals surface area (Å²) in [5, 5.41) is 9.49. The molecule has 1 saturated heterocycles. The first-order valence-corrected chi connectivity index (χ1v) is 13.3. The number of hydrogen-bond donors (Lipinski definition) is 1. The zero-order valence-electron chi connectivity index (χ0n) is 20.6. The number of halogens is 1. The topological polar surface area (TPSA) is 106 Å². The van der Waals surface area contributed by atoms with E-state index in [0.717, 1.165) is 22.0 Å². The highest BCUT2D eigenvalue weighted by Gasteiger charge is 2.39. The van der Waals surface area contributed by atoms with Crippen LogP contribution in [-0.2, 0) is 17.3 Å². The van der Waals surface area contributed by atoms with Crippen molar-refractivity contribution in [2.45, 2.75) is 32.7 Å². The molecule has 4 aromatic rings. The summed E-state index contributed by atoms with van der Waals surface area (Å²) < 4.78 is 37.2. The Kier molecular flexibility index (Phi) is 6.11. The van der Waals surface area contributed by atoms with Gasteiger partial charge in [-0.2, -0.15) is 13.5 Å². The Balaban J connectivity index is 1.46. The molecule has 11 heteroatoms. The number of aromatic nitrogens is 5. The first kappa shape index (κ1) is 24.1. The average Bonchev–Trinajstić information content (AvgIpc) is 3.26. The van der Waals surface area contributed by atoms with Gasteiger partial charge in [0.05, 0.1) is 17.5 Å². The zero-order chi connectivity index (χ0) is 25.6. The summed E-state index contributed by atoms with van der Waals surface area (Å²) in [5.74, 6) is 1.43. The van der Waals surface area contributed by atoms with Crippen molar-refractivity contribution >= 4 is 38.3 Å². The first-order valence-electron chi connectivity index (χ1n) is 11.8. The van der Waals surface area contributed by atoms with Gasteiger partial charge in [0.2, 0.25) is 0 Å². The third-order valence-corrected chi connectivity index (χ3v) is 7.56. The van der Waals surface area contributed by atoms with Crippen LogP contribution >= 0.6 is 0 Å². The fourth-order valence-corrected chi connectivity index (χ4v) is 5.65. The van der Waals surface area contributed by atoms with Gasteiger partial charge in [-0.05, 0) is 42.0 Å². The molecule has 36 heavy (non-hydrogen) atoms. The Labute approximate surface area is 209 Å². The van der Waals surface area contributed by atoms with Crippen molar-refractivity contribution in [3.63, 3.8) is 0 Å². The summed E-state index contributed by atoms with van der Waals surface area (Å²) in [7, 11) is -2.66. The molecule has 0 spiro atoms. The molecule has 9 nitrogen and oxygen atoms in total. The lowest BCUT2D eigenvalue weighted by Crippen LogP contribution is -2.57. The Morgan fingerprint density at radius 3 is 2.61 bits per heavy atom. The molecule has 0 aliphatic carbocycles. The van der Waals surface area contributed by atoms with E-state index in [-0.39, 0.29) is 17.9 Å². The molecular formula is C25H28FN7O2S. The number of rotatable bonds is 7.